The predicted octanol–water partition coefficient (Wildman–Crippen LogP) is 0.634. The Labute approximate surface area is 92.7 Å². The zero-order chi connectivity index (χ0) is 11.5. The third-order valence-corrected chi connectivity index (χ3v) is 2.25. The first-order chi connectivity index (χ1) is 7.66. The summed E-state index contributed by atoms with van der Waals surface area (Å²) >= 11 is 0. The van der Waals surface area contributed by atoms with E-state index in [0.29, 0.717) is 5.69 Å². The van der Waals surface area contributed by atoms with Crippen LogP contribution in [0.5, 0.6) is 0 Å². The van der Waals surface area contributed by atoms with Crippen molar-refractivity contribution in [3.8, 4) is 0 Å². The summed E-state index contributed by atoms with van der Waals surface area (Å²) in [6.45, 7) is 1.87. The number of nitrogens with one attached hydrogen (secondary N) is 2. The van der Waals surface area contributed by atoms with E-state index in [1.165, 1.54) is 0 Å². The van der Waals surface area contributed by atoms with Crippen molar-refractivity contribution >= 4 is 5.91 Å². The first kappa shape index (κ1) is 10.4. The Morgan fingerprint density at radius 3 is 3.00 bits per heavy atom. The van der Waals surface area contributed by atoms with Crippen molar-refractivity contribution in [2.75, 3.05) is 0 Å². The Hall–Kier alpha value is -2.11. The number of aromatic nitrogens is 4. The molecule has 0 aromatic carbocycles. The van der Waals surface area contributed by atoms with Gasteiger partial charge in [0.2, 0.25) is 0 Å². The van der Waals surface area contributed by atoms with E-state index in [1.54, 1.807) is 36.3 Å². The summed E-state index contributed by atoms with van der Waals surface area (Å²) in [4.78, 5) is 14.5. The fraction of sp³-hybridized carbons (Fsp3) is 0.300. The first-order valence-corrected chi connectivity index (χ1v) is 4.97. The molecule has 6 nitrogen and oxygen atoms in total. The quantitative estimate of drug-likeness (QED) is 0.795. The van der Waals surface area contributed by atoms with Crippen molar-refractivity contribution in [2.24, 2.45) is 7.05 Å². The molecule has 1 unspecified atom stereocenters. The molecule has 2 heterocycles. The Morgan fingerprint density at radius 1 is 1.62 bits per heavy atom. The van der Waals surface area contributed by atoms with Gasteiger partial charge in [0.1, 0.15) is 11.4 Å². The van der Waals surface area contributed by atoms with Crippen LogP contribution in [0.15, 0.2) is 24.5 Å². The van der Waals surface area contributed by atoms with Gasteiger partial charge in [0.15, 0.2) is 0 Å². The number of hydrogen-bond donors (Lipinski definition) is 2. The summed E-state index contributed by atoms with van der Waals surface area (Å²) in [5, 5.41) is 10.6. The molecular formula is C10H13N5O. The largest absolute Gasteiger partial charge is 0.357 e. The lowest BCUT2D eigenvalue weighted by atomic mass is 10.2. The lowest BCUT2D eigenvalue weighted by molar-refractivity contribution is 0.0934. The maximum atomic E-state index is 11.7. The number of amides is 1. The molecule has 0 saturated heterocycles. The average molecular weight is 219 g/mol. The fourth-order valence-corrected chi connectivity index (χ4v) is 1.38. The van der Waals surface area contributed by atoms with Gasteiger partial charge in [-0.1, -0.05) is 5.21 Å². The fourth-order valence-electron chi connectivity index (χ4n) is 1.38. The SMILES string of the molecule is CC(NC(=O)c1ccc[nH]1)c1cn(C)nn1. The van der Waals surface area contributed by atoms with E-state index in [1.807, 2.05) is 6.92 Å². The van der Waals surface area contributed by atoms with E-state index in [2.05, 4.69) is 20.6 Å². The van der Waals surface area contributed by atoms with Crippen LogP contribution in [0.1, 0.15) is 29.1 Å². The van der Waals surface area contributed by atoms with Gasteiger partial charge in [0.05, 0.1) is 12.2 Å². The molecule has 2 N–H and O–H groups in total. The minimum Gasteiger partial charge on any atom is -0.357 e. The highest BCUT2D eigenvalue weighted by Gasteiger charge is 2.14. The van der Waals surface area contributed by atoms with Crippen LogP contribution in [0.2, 0.25) is 0 Å². The highest BCUT2D eigenvalue weighted by atomic mass is 16.1. The summed E-state index contributed by atoms with van der Waals surface area (Å²) in [6.07, 6.45) is 3.49. The molecule has 16 heavy (non-hydrogen) atoms. The first-order valence-electron chi connectivity index (χ1n) is 4.97. The molecule has 1 atom stereocenters. The van der Waals surface area contributed by atoms with Gasteiger partial charge >= 0.3 is 0 Å². The molecule has 0 aliphatic rings. The van der Waals surface area contributed by atoms with E-state index in [-0.39, 0.29) is 11.9 Å². The Kier molecular flexibility index (Phi) is 2.72. The molecule has 84 valence electrons. The van der Waals surface area contributed by atoms with Crippen LogP contribution in [0, 0.1) is 0 Å². The topological polar surface area (TPSA) is 75.6 Å². The van der Waals surface area contributed by atoms with Crippen LogP contribution < -0.4 is 5.32 Å². The molecule has 0 fully saturated rings. The van der Waals surface area contributed by atoms with E-state index >= 15 is 0 Å². The molecule has 0 radical (unpaired) electrons. The van der Waals surface area contributed by atoms with Gasteiger partial charge in [-0.05, 0) is 19.1 Å². The smallest absolute Gasteiger partial charge is 0.268 e. The molecule has 0 bridgehead atoms. The summed E-state index contributed by atoms with van der Waals surface area (Å²) < 4.78 is 1.60. The van der Waals surface area contributed by atoms with E-state index < -0.39 is 0 Å². The third-order valence-electron chi connectivity index (χ3n) is 2.25. The summed E-state index contributed by atoms with van der Waals surface area (Å²) in [5.41, 5.74) is 1.28. The van der Waals surface area contributed by atoms with Gasteiger partial charge < -0.3 is 10.3 Å². The molecule has 0 aliphatic heterocycles. The second kappa shape index (κ2) is 4.18. The van der Waals surface area contributed by atoms with E-state index in [0.717, 1.165) is 5.69 Å². The van der Waals surface area contributed by atoms with Crippen LogP contribution in [-0.4, -0.2) is 25.9 Å². The molecule has 6 heteroatoms. The lowest BCUT2D eigenvalue weighted by Crippen LogP contribution is -2.27. The van der Waals surface area contributed by atoms with Crippen molar-refractivity contribution < 1.29 is 4.79 Å². The van der Waals surface area contributed by atoms with Crippen molar-refractivity contribution in [3.63, 3.8) is 0 Å². The monoisotopic (exact) mass is 219 g/mol. The standard InChI is InChI=1S/C10H13N5O/c1-7(9-6-15(2)14-13-9)12-10(16)8-4-3-5-11-8/h3-7,11H,1-2H3,(H,12,16). The summed E-state index contributed by atoms with van der Waals surface area (Å²) in [6, 6.07) is 3.34. The van der Waals surface area contributed by atoms with Crippen molar-refractivity contribution in [2.45, 2.75) is 13.0 Å². The number of nitrogens with zero attached hydrogens (tertiary/aromatic N) is 3. The van der Waals surface area contributed by atoms with Crippen molar-refractivity contribution in [1.82, 2.24) is 25.3 Å². The van der Waals surface area contributed by atoms with Crippen molar-refractivity contribution in [1.29, 1.82) is 0 Å². The second-order valence-corrected chi connectivity index (χ2v) is 3.60. The number of aromatic amines is 1. The normalized spacial score (nSPS) is 12.4. The second-order valence-electron chi connectivity index (χ2n) is 3.60. The molecule has 0 spiro atoms. The number of carbonyl (C=O) groups excluding carboxylic acids is 1. The molecular weight excluding hydrogens is 206 g/mol. The number of aryl methyl sites for hydroxylation is 1. The van der Waals surface area contributed by atoms with Gasteiger partial charge in [-0.2, -0.15) is 0 Å². The van der Waals surface area contributed by atoms with Gasteiger partial charge in [-0.15, -0.1) is 5.10 Å². The zero-order valence-corrected chi connectivity index (χ0v) is 9.14. The van der Waals surface area contributed by atoms with Crippen LogP contribution >= 0.6 is 0 Å². The molecule has 2 aromatic heterocycles. The molecule has 0 saturated carbocycles. The van der Waals surface area contributed by atoms with E-state index in [4.69, 9.17) is 0 Å². The van der Waals surface area contributed by atoms with Gasteiger partial charge in [-0.3, -0.25) is 9.48 Å². The lowest BCUT2D eigenvalue weighted by Gasteiger charge is -2.09. The summed E-state index contributed by atoms with van der Waals surface area (Å²) in [7, 11) is 1.79. The van der Waals surface area contributed by atoms with E-state index in [9.17, 15) is 4.79 Å². The Bertz CT molecular complexity index is 473. The maximum Gasteiger partial charge on any atom is 0.268 e. The highest BCUT2D eigenvalue weighted by Crippen LogP contribution is 2.08. The van der Waals surface area contributed by atoms with Gasteiger partial charge in [0.25, 0.3) is 5.91 Å². The number of rotatable bonds is 3. The Balaban J connectivity index is 2.03. The molecule has 2 aromatic rings. The minimum atomic E-state index is -0.163. The minimum absolute atomic E-state index is 0.150. The van der Waals surface area contributed by atoms with Crippen LogP contribution in [0.4, 0.5) is 0 Å². The van der Waals surface area contributed by atoms with Gasteiger partial charge in [0, 0.05) is 13.2 Å². The third kappa shape index (κ3) is 2.10. The molecule has 2 rings (SSSR count). The number of H-pyrrole nitrogens is 1. The molecule has 0 aliphatic carbocycles. The van der Waals surface area contributed by atoms with Gasteiger partial charge in [-0.25, -0.2) is 0 Å². The number of carbonyl (C=O) groups is 1. The highest BCUT2D eigenvalue weighted by molar-refractivity contribution is 5.92. The van der Waals surface area contributed by atoms with Crippen molar-refractivity contribution in [3.05, 3.63) is 35.9 Å². The van der Waals surface area contributed by atoms with Crippen LogP contribution in [0.25, 0.3) is 0 Å². The average Bonchev–Trinajstić information content (AvgIpc) is 2.87. The predicted molar refractivity (Wildman–Crippen MR) is 57.7 cm³/mol. The Morgan fingerprint density at radius 2 is 2.44 bits per heavy atom. The van der Waals surface area contributed by atoms with Crippen LogP contribution in [0.3, 0.4) is 0 Å². The van der Waals surface area contributed by atoms with Crippen LogP contribution in [-0.2, 0) is 7.05 Å². The maximum absolute atomic E-state index is 11.7. The summed E-state index contributed by atoms with van der Waals surface area (Å²) in [5.74, 6) is -0.150. The zero-order valence-electron chi connectivity index (χ0n) is 9.14. The number of hydrogen-bond acceptors (Lipinski definition) is 3. The molecule has 1 amide bonds.